The lowest BCUT2D eigenvalue weighted by molar-refractivity contribution is 0.0925. The van der Waals surface area contributed by atoms with Crippen LogP contribution in [0.4, 0.5) is 0 Å². The monoisotopic (exact) mass is 289 g/mol. The summed E-state index contributed by atoms with van der Waals surface area (Å²) in [4.78, 5) is 14.7. The van der Waals surface area contributed by atoms with Gasteiger partial charge in [0.05, 0.1) is 0 Å². The van der Waals surface area contributed by atoms with E-state index >= 15 is 0 Å². The molecule has 0 spiro atoms. The summed E-state index contributed by atoms with van der Waals surface area (Å²) in [7, 11) is 0. The third-order valence-electron chi connectivity index (χ3n) is 4.01. The Hall–Kier alpha value is -1.39. The molecule has 1 amide bonds. The van der Waals surface area contributed by atoms with Crippen LogP contribution in [-0.4, -0.2) is 43.0 Å². The second-order valence-corrected chi connectivity index (χ2v) is 5.97. The van der Waals surface area contributed by atoms with Crippen LogP contribution in [0, 0.1) is 0 Å². The minimum Gasteiger partial charge on any atom is -0.348 e. The van der Waals surface area contributed by atoms with Gasteiger partial charge in [-0.15, -0.1) is 0 Å². The maximum atomic E-state index is 12.2. The zero-order valence-corrected chi connectivity index (χ0v) is 13.0. The quantitative estimate of drug-likeness (QED) is 0.839. The van der Waals surface area contributed by atoms with Gasteiger partial charge in [0.25, 0.3) is 5.91 Å². The molecule has 116 valence electrons. The van der Waals surface area contributed by atoms with E-state index < -0.39 is 0 Å². The lowest BCUT2D eigenvalue weighted by Gasteiger charge is -2.29. The van der Waals surface area contributed by atoms with Gasteiger partial charge in [-0.1, -0.05) is 18.6 Å². The Balaban J connectivity index is 1.82. The first kappa shape index (κ1) is 16.0. The van der Waals surface area contributed by atoms with E-state index in [0.29, 0.717) is 6.54 Å². The van der Waals surface area contributed by atoms with Crippen LogP contribution in [0.15, 0.2) is 24.3 Å². The first-order chi connectivity index (χ1) is 10.2. The lowest BCUT2D eigenvalue weighted by atomic mass is 10.1. The van der Waals surface area contributed by atoms with Crippen molar-refractivity contribution in [3.63, 3.8) is 0 Å². The molecule has 1 fully saturated rings. The minimum atomic E-state index is 0.0128. The van der Waals surface area contributed by atoms with Crippen LogP contribution < -0.4 is 11.1 Å². The van der Waals surface area contributed by atoms with Crippen LogP contribution in [-0.2, 0) is 6.42 Å². The van der Waals surface area contributed by atoms with E-state index in [0.717, 1.165) is 31.6 Å². The molecule has 1 atom stereocenters. The highest BCUT2D eigenvalue weighted by atomic mass is 16.1. The summed E-state index contributed by atoms with van der Waals surface area (Å²) >= 11 is 0. The number of piperidine rings is 1. The predicted octanol–water partition coefficient (Wildman–Crippen LogP) is 1.79. The minimum absolute atomic E-state index is 0.0128. The van der Waals surface area contributed by atoms with Crippen molar-refractivity contribution >= 4 is 5.91 Å². The van der Waals surface area contributed by atoms with Crippen molar-refractivity contribution in [2.45, 2.75) is 38.6 Å². The second-order valence-electron chi connectivity index (χ2n) is 5.97. The fraction of sp³-hybridized carbons (Fsp3) is 0.588. The third kappa shape index (κ3) is 5.14. The van der Waals surface area contributed by atoms with Crippen molar-refractivity contribution in [3.8, 4) is 0 Å². The number of likely N-dealkylation sites (tertiary alicyclic amines) is 1. The highest BCUT2D eigenvalue weighted by molar-refractivity contribution is 5.94. The summed E-state index contributed by atoms with van der Waals surface area (Å²) in [6, 6.07) is 7.91. The SMILES string of the molecule is CC(CN1CCCCC1)NC(=O)c1ccc(CCN)cc1. The Morgan fingerprint density at radius 3 is 2.52 bits per heavy atom. The molecule has 0 aromatic heterocycles. The summed E-state index contributed by atoms with van der Waals surface area (Å²) in [5.41, 5.74) is 7.43. The number of nitrogens with zero attached hydrogens (tertiary/aromatic N) is 1. The van der Waals surface area contributed by atoms with Crippen molar-refractivity contribution in [1.29, 1.82) is 0 Å². The van der Waals surface area contributed by atoms with Crippen LogP contribution in [0.3, 0.4) is 0 Å². The Morgan fingerprint density at radius 2 is 1.90 bits per heavy atom. The molecule has 0 bridgehead atoms. The molecular weight excluding hydrogens is 262 g/mol. The summed E-state index contributed by atoms with van der Waals surface area (Å²) in [6.45, 7) is 5.98. The van der Waals surface area contributed by atoms with Crippen LogP contribution >= 0.6 is 0 Å². The number of amides is 1. The molecule has 1 aromatic rings. The molecule has 1 heterocycles. The normalized spacial score (nSPS) is 17.4. The van der Waals surface area contributed by atoms with Crippen molar-refractivity contribution in [2.24, 2.45) is 5.73 Å². The van der Waals surface area contributed by atoms with Gasteiger partial charge in [-0.3, -0.25) is 4.79 Å². The number of hydrogen-bond donors (Lipinski definition) is 2. The maximum Gasteiger partial charge on any atom is 0.251 e. The molecule has 1 aliphatic rings. The van der Waals surface area contributed by atoms with E-state index in [-0.39, 0.29) is 11.9 Å². The van der Waals surface area contributed by atoms with Gasteiger partial charge < -0.3 is 16.0 Å². The molecule has 1 aliphatic heterocycles. The Bertz CT molecular complexity index is 438. The molecular formula is C17H27N3O. The molecule has 4 heteroatoms. The van der Waals surface area contributed by atoms with Gasteiger partial charge in [-0.05, 0) is 63.5 Å². The van der Waals surface area contributed by atoms with Crippen molar-refractivity contribution in [3.05, 3.63) is 35.4 Å². The van der Waals surface area contributed by atoms with Gasteiger partial charge in [0.2, 0.25) is 0 Å². The van der Waals surface area contributed by atoms with Gasteiger partial charge in [-0.2, -0.15) is 0 Å². The molecule has 1 saturated heterocycles. The maximum absolute atomic E-state index is 12.2. The Kier molecular flexibility index (Phi) is 6.21. The number of carbonyl (C=O) groups is 1. The first-order valence-corrected chi connectivity index (χ1v) is 8.01. The van der Waals surface area contributed by atoms with E-state index in [2.05, 4.69) is 17.1 Å². The number of carbonyl (C=O) groups excluding carboxylic acids is 1. The molecule has 2 rings (SSSR count). The molecule has 1 unspecified atom stereocenters. The van der Waals surface area contributed by atoms with Crippen molar-refractivity contribution in [1.82, 2.24) is 10.2 Å². The molecule has 3 N–H and O–H groups in total. The van der Waals surface area contributed by atoms with Gasteiger partial charge in [-0.25, -0.2) is 0 Å². The predicted molar refractivity (Wildman–Crippen MR) is 86.4 cm³/mol. The van der Waals surface area contributed by atoms with Gasteiger partial charge >= 0.3 is 0 Å². The van der Waals surface area contributed by atoms with Crippen LogP contribution in [0.2, 0.25) is 0 Å². The molecule has 1 aromatic carbocycles. The number of nitrogens with one attached hydrogen (secondary N) is 1. The average molecular weight is 289 g/mol. The number of benzene rings is 1. The van der Waals surface area contributed by atoms with E-state index in [1.165, 1.54) is 24.8 Å². The van der Waals surface area contributed by atoms with Gasteiger partial charge in [0, 0.05) is 18.2 Å². The van der Waals surface area contributed by atoms with Gasteiger partial charge in [0.15, 0.2) is 0 Å². The smallest absolute Gasteiger partial charge is 0.251 e. The summed E-state index contributed by atoms with van der Waals surface area (Å²) in [5, 5.41) is 3.09. The van der Waals surface area contributed by atoms with Crippen molar-refractivity contribution in [2.75, 3.05) is 26.2 Å². The molecule has 21 heavy (non-hydrogen) atoms. The topological polar surface area (TPSA) is 58.4 Å². The van der Waals surface area contributed by atoms with E-state index in [1.807, 2.05) is 24.3 Å². The standard InChI is InChI=1S/C17H27N3O/c1-14(13-20-11-3-2-4-12-20)19-17(21)16-7-5-15(6-8-16)9-10-18/h5-8,14H,2-4,9-13,18H2,1H3,(H,19,21). The highest BCUT2D eigenvalue weighted by Gasteiger charge is 2.15. The number of rotatable bonds is 6. The first-order valence-electron chi connectivity index (χ1n) is 8.01. The summed E-state index contributed by atoms with van der Waals surface area (Å²) in [5.74, 6) is 0.0128. The number of nitrogens with two attached hydrogens (primary N) is 1. The summed E-state index contributed by atoms with van der Waals surface area (Å²) < 4.78 is 0. The Morgan fingerprint density at radius 1 is 1.24 bits per heavy atom. The second kappa shape index (κ2) is 8.15. The van der Waals surface area contributed by atoms with Crippen LogP contribution in [0.1, 0.15) is 42.1 Å². The largest absolute Gasteiger partial charge is 0.348 e. The fourth-order valence-electron chi connectivity index (χ4n) is 2.87. The fourth-order valence-corrected chi connectivity index (χ4v) is 2.87. The zero-order chi connectivity index (χ0) is 15.1. The number of hydrogen-bond acceptors (Lipinski definition) is 3. The Labute approximate surface area is 127 Å². The molecule has 0 saturated carbocycles. The van der Waals surface area contributed by atoms with Crippen LogP contribution in [0.25, 0.3) is 0 Å². The average Bonchev–Trinajstić information content (AvgIpc) is 2.49. The van der Waals surface area contributed by atoms with Gasteiger partial charge in [0.1, 0.15) is 0 Å². The summed E-state index contributed by atoms with van der Waals surface area (Å²) in [6.07, 6.45) is 4.76. The van der Waals surface area contributed by atoms with Crippen LogP contribution in [0.5, 0.6) is 0 Å². The van der Waals surface area contributed by atoms with E-state index in [9.17, 15) is 4.79 Å². The molecule has 4 nitrogen and oxygen atoms in total. The third-order valence-corrected chi connectivity index (χ3v) is 4.01. The van der Waals surface area contributed by atoms with E-state index in [1.54, 1.807) is 0 Å². The zero-order valence-electron chi connectivity index (χ0n) is 13.0. The molecule has 0 aliphatic carbocycles. The highest BCUT2D eigenvalue weighted by Crippen LogP contribution is 2.09. The molecule has 0 radical (unpaired) electrons. The van der Waals surface area contributed by atoms with E-state index in [4.69, 9.17) is 5.73 Å². The lowest BCUT2D eigenvalue weighted by Crippen LogP contribution is -2.43. The van der Waals surface area contributed by atoms with Crippen molar-refractivity contribution < 1.29 is 4.79 Å².